The van der Waals surface area contributed by atoms with E-state index < -0.39 is 34.3 Å². The SMILES string of the molecule is NS(=O)(=O)c1ccc(OCCOC(=O)c2ccccc2OCC(=O)Nc2ccccc2F)cc1. The maximum Gasteiger partial charge on any atom is 0.342 e. The first-order valence-electron chi connectivity index (χ1n) is 9.93. The molecule has 0 radical (unpaired) electrons. The minimum atomic E-state index is -3.80. The van der Waals surface area contributed by atoms with Crippen molar-refractivity contribution >= 4 is 27.6 Å². The Hall–Kier alpha value is -3.96. The summed E-state index contributed by atoms with van der Waals surface area (Å²) in [6, 6.07) is 17.3. The van der Waals surface area contributed by atoms with Crippen molar-refractivity contribution in [1.29, 1.82) is 0 Å². The van der Waals surface area contributed by atoms with E-state index in [4.69, 9.17) is 19.3 Å². The van der Waals surface area contributed by atoms with Gasteiger partial charge in [-0.25, -0.2) is 22.7 Å². The highest BCUT2D eigenvalue weighted by atomic mass is 32.2. The smallest absolute Gasteiger partial charge is 0.342 e. The summed E-state index contributed by atoms with van der Waals surface area (Å²) in [7, 11) is -3.80. The zero-order valence-electron chi connectivity index (χ0n) is 17.8. The van der Waals surface area contributed by atoms with Gasteiger partial charge in [0.25, 0.3) is 5.91 Å². The number of carbonyl (C=O) groups is 2. The number of nitrogens with one attached hydrogen (secondary N) is 1. The third kappa shape index (κ3) is 7.02. The number of halogens is 1. The third-order valence-electron chi connectivity index (χ3n) is 4.35. The zero-order chi connectivity index (χ0) is 24.6. The summed E-state index contributed by atoms with van der Waals surface area (Å²) in [5, 5.41) is 7.42. The molecule has 0 fully saturated rings. The maximum atomic E-state index is 13.6. The summed E-state index contributed by atoms with van der Waals surface area (Å²) in [5.74, 6) is -1.39. The molecule has 0 aliphatic heterocycles. The molecule has 9 nitrogen and oxygen atoms in total. The van der Waals surface area contributed by atoms with Gasteiger partial charge in [-0.15, -0.1) is 0 Å². The van der Waals surface area contributed by atoms with Gasteiger partial charge in [0.2, 0.25) is 10.0 Å². The van der Waals surface area contributed by atoms with Crippen LogP contribution < -0.4 is 19.9 Å². The number of benzene rings is 3. The third-order valence-corrected chi connectivity index (χ3v) is 5.28. The second-order valence-corrected chi connectivity index (χ2v) is 8.38. The quantitative estimate of drug-likeness (QED) is 0.331. The van der Waals surface area contributed by atoms with E-state index in [-0.39, 0.29) is 35.1 Å². The van der Waals surface area contributed by atoms with Crippen LogP contribution in [0.2, 0.25) is 0 Å². The van der Waals surface area contributed by atoms with Crippen LogP contribution in [0.1, 0.15) is 10.4 Å². The Morgan fingerprint density at radius 3 is 2.26 bits per heavy atom. The van der Waals surface area contributed by atoms with Crippen molar-refractivity contribution in [3.05, 3.63) is 84.2 Å². The summed E-state index contributed by atoms with van der Waals surface area (Å²) in [5.41, 5.74) is 0.113. The van der Waals surface area contributed by atoms with Crippen molar-refractivity contribution in [3.63, 3.8) is 0 Å². The van der Waals surface area contributed by atoms with Gasteiger partial charge in [-0.05, 0) is 48.5 Å². The summed E-state index contributed by atoms with van der Waals surface area (Å²) in [6.45, 7) is -0.539. The first-order valence-corrected chi connectivity index (χ1v) is 11.5. The second-order valence-electron chi connectivity index (χ2n) is 6.81. The molecular formula is C23H21FN2O7S. The number of para-hydroxylation sites is 2. The molecule has 0 bridgehead atoms. The van der Waals surface area contributed by atoms with Gasteiger partial charge in [0.05, 0.1) is 10.6 Å². The van der Waals surface area contributed by atoms with Gasteiger partial charge in [0.1, 0.15) is 36.1 Å². The van der Waals surface area contributed by atoms with Gasteiger partial charge >= 0.3 is 5.97 Å². The van der Waals surface area contributed by atoms with Crippen LogP contribution in [0.4, 0.5) is 10.1 Å². The van der Waals surface area contributed by atoms with Crippen molar-refractivity contribution in [2.45, 2.75) is 4.90 Å². The molecule has 3 aromatic carbocycles. The number of anilines is 1. The summed E-state index contributed by atoms with van der Waals surface area (Å²) in [6.07, 6.45) is 0. The number of rotatable bonds is 10. The summed E-state index contributed by atoms with van der Waals surface area (Å²) < 4.78 is 52.2. The fourth-order valence-electron chi connectivity index (χ4n) is 2.75. The molecule has 0 aliphatic carbocycles. The number of nitrogens with two attached hydrogens (primary N) is 1. The van der Waals surface area contributed by atoms with Crippen molar-refractivity contribution < 1.29 is 36.6 Å². The zero-order valence-corrected chi connectivity index (χ0v) is 18.6. The minimum absolute atomic E-state index is 0.00846. The minimum Gasteiger partial charge on any atom is -0.490 e. The molecule has 34 heavy (non-hydrogen) atoms. The highest BCUT2D eigenvalue weighted by Gasteiger charge is 2.15. The number of amides is 1. The van der Waals surface area contributed by atoms with Crippen molar-refractivity contribution in [2.24, 2.45) is 5.14 Å². The Morgan fingerprint density at radius 1 is 0.882 bits per heavy atom. The van der Waals surface area contributed by atoms with E-state index in [2.05, 4.69) is 5.32 Å². The van der Waals surface area contributed by atoms with Crippen molar-refractivity contribution in [3.8, 4) is 11.5 Å². The lowest BCUT2D eigenvalue weighted by Crippen LogP contribution is -2.21. The molecular weight excluding hydrogens is 467 g/mol. The molecule has 3 N–H and O–H groups in total. The predicted octanol–water partition coefficient (Wildman–Crippen LogP) is 2.73. The van der Waals surface area contributed by atoms with Crippen LogP contribution in [0.25, 0.3) is 0 Å². The van der Waals surface area contributed by atoms with Gasteiger partial charge < -0.3 is 19.5 Å². The topological polar surface area (TPSA) is 134 Å². The predicted molar refractivity (Wildman–Crippen MR) is 121 cm³/mol. The fraction of sp³-hybridized carbons (Fsp3) is 0.130. The molecule has 0 saturated heterocycles. The first-order chi connectivity index (χ1) is 16.2. The molecule has 0 spiro atoms. The molecule has 0 aromatic heterocycles. The maximum absolute atomic E-state index is 13.6. The number of primary sulfonamides is 1. The average Bonchev–Trinajstić information content (AvgIpc) is 2.82. The number of hydrogen-bond acceptors (Lipinski definition) is 7. The van der Waals surface area contributed by atoms with Gasteiger partial charge in [-0.3, -0.25) is 4.79 Å². The van der Waals surface area contributed by atoms with E-state index in [0.717, 1.165) is 0 Å². The van der Waals surface area contributed by atoms with Crippen LogP contribution in [0.3, 0.4) is 0 Å². The van der Waals surface area contributed by atoms with Crippen LogP contribution in [-0.2, 0) is 19.6 Å². The van der Waals surface area contributed by atoms with Crippen molar-refractivity contribution in [2.75, 3.05) is 25.1 Å². The molecule has 11 heteroatoms. The number of hydrogen-bond donors (Lipinski definition) is 2. The van der Waals surface area contributed by atoms with Crippen LogP contribution in [0.5, 0.6) is 11.5 Å². The largest absolute Gasteiger partial charge is 0.490 e. The molecule has 0 saturated carbocycles. The molecule has 1 amide bonds. The summed E-state index contributed by atoms with van der Waals surface area (Å²) >= 11 is 0. The van der Waals surface area contributed by atoms with Crippen LogP contribution >= 0.6 is 0 Å². The van der Waals surface area contributed by atoms with Gasteiger partial charge in [0, 0.05) is 0 Å². The highest BCUT2D eigenvalue weighted by molar-refractivity contribution is 7.89. The molecule has 178 valence electrons. The lowest BCUT2D eigenvalue weighted by molar-refractivity contribution is -0.118. The summed E-state index contributed by atoms with van der Waals surface area (Å²) in [4.78, 5) is 24.4. The van der Waals surface area contributed by atoms with Gasteiger partial charge in [0.15, 0.2) is 6.61 Å². The highest BCUT2D eigenvalue weighted by Crippen LogP contribution is 2.20. The Bertz CT molecular complexity index is 1260. The molecule has 0 heterocycles. The first kappa shape index (κ1) is 24.7. The normalized spacial score (nSPS) is 10.9. The van der Waals surface area contributed by atoms with Crippen LogP contribution in [-0.4, -0.2) is 40.1 Å². The Kier molecular flexibility index (Phi) is 8.17. The van der Waals surface area contributed by atoms with E-state index in [0.29, 0.717) is 5.75 Å². The number of esters is 1. The van der Waals surface area contributed by atoms with Crippen molar-refractivity contribution in [1.82, 2.24) is 0 Å². The number of carbonyl (C=O) groups excluding carboxylic acids is 2. The van der Waals surface area contributed by atoms with Crippen LogP contribution in [0, 0.1) is 5.82 Å². The molecule has 0 atom stereocenters. The fourth-order valence-corrected chi connectivity index (χ4v) is 3.27. The Balaban J connectivity index is 1.49. The van der Waals surface area contributed by atoms with E-state index >= 15 is 0 Å². The van der Waals surface area contributed by atoms with E-state index in [1.54, 1.807) is 18.2 Å². The monoisotopic (exact) mass is 488 g/mol. The lowest BCUT2D eigenvalue weighted by Gasteiger charge is -2.12. The van der Waals surface area contributed by atoms with E-state index in [9.17, 15) is 22.4 Å². The number of ether oxygens (including phenoxy) is 3. The second kappa shape index (κ2) is 11.3. The van der Waals surface area contributed by atoms with Crippen LogP contribution in [0.15, 0.2) is 77.7 Å². The van der Waals surface area contributed by atoms with E-state index in [1.807, 2.05) is 0 Å². The molecule has 0 unspecified atom stereocenters. The lowest BCUT2D eigenvalue weighted by atomic mass is 10.2. The van der Waals surface area contributed by atoms with E-state index in [1.165, 1.54) is 54.6 Å². The molecule has 3 aromatic rings. The van der Waals surface area contributed by atoms with Gasteiger partial charge in [-0.1, -0.05) is 24.3 Å². The van der Waals surface area contributed by atoms with Gasteiger partial charge in [-0.2, -0.15) is 0 Å². The molecule has 3 rings (SSSR count). The Labute approximate surface area is 195 Å². The Morgan fingerprint density at radius 2 is 1.56 bits per heavy atom. The standard InChI is InChI=1S/C23H21FN2O7S/c24-19-6-2-3-7-20(19)26-22(27)15-33-21-8-4-1-5-18(21)23(28)32-14-13-31-16-9-11-17(12-10-16)34(25,29)30/h1-12H,13-15H2,(H,26,27)(H2,25,29,30). The number of sulfonamides is 1. The molecule has 0 aliphatic rings. The average molecular weight is 488 g/mol.